The monoisotopic (exact) mass is 214 g/mol. The molecule has 0 aromatic carbocycles. The normalized spacial score (nSPS) is 17.4. The molecule has 0 rings (SSSR count). The molecular formula is C14H30O. The maximum atomic E-state index is 10.6. The number of hydrogen-bond donors (Lipinski definition) is 1. The molecule has 0 aromatic rings. The van der Waals surface area contributed by atoms with Crippen molar-refractivity contribution in [2.24, 2.45) is 5.92 Å². The highest BCUT2D eigenvalue weighted by Crippen LogP contribution is 2.33. The largest absolute Gasteiger partial charge is 0.390 e. The first-order valence-electron chi connectivity index (χ1n) is 6.86. The Balaban J connectivity index is 4.27. The van der Waals surface area contributed by atoms with Crippen molar-refractivity contribution >= 4 is 0 Å². The van der Waals surface area contributed by atoms with Crippen LogP contribution in [0, 0.1) is 5.92 Å². The lowest BCUT2D eigenvalue weighted by atomic mass is 9.77. The van der Waals surface area contributed by atoms with Crippen LogP contribution in [0.25, 0.3) is 0 Å². The summed E-state index contributed by atoms with van der Waals surface area (Å²) in [5, 5.41) is 10.6. The van der Waals surface area contributed by atoms with Gasteiger partial charge in [0.25, 0.3) is 0 Å². The highest BCUT2D eigenvalue weighted by Gasteiger charge is 2.32. The Morgan fingerprint density at radius 3 is 2.00 bits per heavy atom. The molecule has 0 aromatic heterocycles. The van der Waals surface area contributed by atoms with E-state index in [9.17, 15) is 5.11 Å². The Bertz CT molecular complexity index is 144. The number of hydrogen-bond acceptors (Lipinski definition) is 1. The number of unbranched alkanes of at least 4 members (excludes halogenated alkanes) is 2. The zero-order valence-corrected chi connectivity index (χ0v) is 11.2. The third-order valence-corrected chi connectivity index (χ3v) is 3.73. The number of rotatable bonds is 9. The first-order chi connectivity index (χ1) is 7.14. The van der Waals surface area contributed by atoms with Crippen LogP contribution in [0.5, 0.6) is 0 Å². The summed E-state index contributed by atoms with van der Waals surface area (Å²) in [5.41, 5.74) is -0.389. The molecule has 2 unspecified atom stereocenters. The van der Waals surface area contributed by atoms with Gasteiger partial charge in [0.05, 0.1) is 5.60 Å². The SMILES string of the molecule is CCCCC(CC)C(O)(CC)CCCC. The van der Waals surface area contributed by atoms with Gasteiger partial charge in [-0.2, -0.15) is 0 Å². The van der Waals surface area contributed by atoms with Gasteiger partial charge in [-0.3, -0.25) is 0 Å². The maximum absolute atomic E-state index is 10.6. The van der Waals surface area contributed by atoms with E-state index in [-0.39, 0.29) is 5.60 Å². The second-order valence-corrected chi connectivity index (χ2v) is 4.81. The van der Waals surface area contributed by atoms with Gasteiger partial charge < -0.3 is 5.11 Å². The Morgan fingerprint density at radius 1 is 1.00 bits per heavy atom. The van der Waals surface area contributed by atoms with Gasteiger partial charge in [-0.1, -0.05) is 59.8 Å². The van der Waals surface area contributed by atoms with Gasteiger partial charge in [0.15, 0.2) is 0 Å². The second-order valence-electron chi connectivity index (χ2n) is 4.81. The predicted molar refractivity (Wildman–Crippen MR) is 68.1 cm³/mol. The first kappa shape index (κ1) is 15.0. The maximum Gasteiger partial charge on any atom is 0.0673 e. The fraction of sp³-hybridized carbons (Fsp3) is 1.00. The van der Waals surface area contributed by atoms with Crippen LogP contribution in [0.15, 0.2) is 0 Å². The molecular weight excluding hydrogens is 184 g/mol. The van der Waals surface area contributed by atoms with Crippen molar-refractivity contribution in [3.8, 4) is 0 Å². The van der Waals surface area contributed by atoms with Crippen LogP contribution in [0.2, 0.25) is 0 Å². The summed E-state index contributed by atoms with van der Waals surface area (Å²) < 4.78 is 0. The molecule has 0 aliphatic rings. The highest BCUT2D eigenvalue weighted by atomic mass is 16.3. The molecule has 0 saturated heterocycles. The zero-order valence-electron chi connectivity index (χ0n) is 11.2. The van der Waals surface area contributed by atoms with Crippen molar-refractivity contribution in [2.75, 3.05) is 0 Å². The quantitative estimate of drug-likeness (QED) is 0.597. The van der Waals surface area contributed by atoms with Crippen LogP contribution in [-0.2, 0) is 0 Å². The fourth-order valence-corrected chi connectivity index (χ4v) is 2.46. The summed E-state index contributed by atoms with van der Waals surface area (Å²) in [5.74, 6) is 0.508. The average Bonchev–Trinajstić information content (AvgIpc) is 2.27. The van der Waals surface area contributed by atoms with E-state index in [1.54, 1.807) is 0 Å². The lowest BCUT2D eigenvalue weighted by molar-refractivity contribution is -0.0369. The van der Waals surface area contributed by atoms with Crippen LogP contribution in [0.4, 0.5) is 0 Å². The topological polar surface area (TPSA) is 20.2 Å². The molecule has 0 aliphatic heterocycles. The molecule has 0 radical (unpaired) electrons. The van der Waals surface area contributed by atoms with Gasteiger partial charge in [-0.25, -0.2) is 0 Å². The van der Waals surface area contributed by atoms with Crippen LogP contribution >= 0.6 is 0 Å². The van der Waals surface area contributed by atoms with E-state index in [4.69, 9.17) is 0 Å². The third kappa shape index (κ3) is 5.01. The van der Waals surface area contributed by atoms with Gasteiger partial charge >= 0.3 is 0 Å². The Hall–Kier alpha value is -0.0400. The lowest BCUT2D eigenvalue weighted by Crippen LogP contribution is -2.37. The van der Waals surface area contributed by atoms with Crippen molar-refractivity contribution in [3.63, 3.8) is 0 Å². The Kier molecular flexibility index (Phi) is 8.13. The Labute approximate surface area is 96.3 Å². The predicted octanol–water partition coefficient (Wildman–Crippen LogP) is 4.53. The molecule has 0 aliphatic carbocycles. The molecule has 0 fully saturated rings. The van der Waals surface area contributed by atoms with Crippen molar-refractivity contribution in [1.82, 2.24) is 0 Å². The summed E-state index contributed by atoms with van der Waals surface area (Å²) in [6.45, 7) is 8.77. The van der Waals surface area contributed by atoms with E-state index in [0.717, 1.165) is 25.7 Å². The van der Waals surface area contributed by atoms with Crippen LogP contribution in [0.1, 0.15) is 79.1 Å². The smallest absolute Gasteiger partial charge is 0.0673 e. The summed E-state index contributed by atoms with van der Waals surface area (Å²) >= 11 is 0. The van der Waals surface area contributed by atoms with Gasteiger partial charge in [-0.05, 0) is 25.2 Å². The molecule has 0 heterocycles. The molecule has 0 spiro atoms. The highest BCUT2D eigenvalue weighted by molar-refractivity contribution is 4.84. The van der Waals surface area contributed by atoms with E-state index in [2.05, 4.69) is 27.7 Å². The molecule has 1 N–H and O–H groups in total. The van der Waals surface area contributed by atoms with Crippen LogP contribution < -0.4 is 0 Å². The standard InChI is InChI=1S/C14H30O/c1-5-9-11-13(7-3)14(15,8-4)12-10-6-2/h13,15H,5-12H2,1-4H3. The Morgan fingerprint density at radius 2 is 1.60 bits per heavy atom. The molecule has 0 bridgehead atoms. The lowest BCUT2D eigenvalue weighted by Gasteiger charge is -2.35. The van der Waals surface area contributed by atoms with E-state index in [0.29, 0.717) is 5.92 Å². The molecule has 1 heteroatoms. The molecule has 0 saturated carbocycles. The molecule has 1 nitrogen and oxygen atoms in total. The van der Waals surface area contributed by atoms with Crippen molar-refractivity contribution < 1.29 is 5.11 Å². The first-order valence-corrected chi connectivity index (χ1v) is 6.86. The van der Waals surface area contributed by atoms with E-state index >= 15 is 0 Å². The minimum Gasteiger partial charge on any atom is -0.390 e. The summed E-state index contributed by atoms with van der Waals surface area (Å²) in [7, 11) is 0. The minimum absolute atomic E-state index is 0.389. The van der Waals surface area contributed by atoms with Crippen molar-refractivity contribution in [3.05, 3.63) is 0 Å². The summed E-state index contributed by atoms with van der Waals surface area (Å²) in [6, 6.07) is 0. The van der Waals surface area contributed by atoms with Gasteiger partial charge in [0.2, 0.25) is 0 Å². The van der Waals surface area contributed by atoms with Crippen molar-refractivity contribution in [2.45, 2.75) is 84.7 Å². The third-order valence-electron chi connectivity index (χ3n) is 3.73. The van der Waals surface area contributed by atoms with Gasteiger partial charge in [-0.15, -0.1) is 0 Å². The molecule has 0 amide bonds. The molecule has 15 heavy (non-hydrogen) atoms. The van der Waals surface area contributed by atoms with Crippen LogP contribution in [0.3, 0.4) is 0 Å². The minimum atomic E-state index is -0.389. The van der Waals surface area contributed by atoms with E-state index in [1.165, 1.54) is 25.7 Å². The molecule has 92 valence electrons. The molecule has 2 atom stereocenters. The summed E-state index contributed by atoms with van der Waals surface area (Å²) in [4.78, 5) is 0. The van der Waals surface area contributed by atoms with Gasteiger partial charge in [0.1, 0.15) is 0 Å². The van der Waals surface area contributed by atoms with Gasteiger partial charge in [0, 0.05) is 0 Å². The van der Waals surface area contributed by atoms with Crippen molar-refractivity contribution in [1.29, 1.82) is 0 Å². The second kappa shape index (κ2) is 8.15. The number of aliphatic hydroxyl groups is 1. The average molecular weight is 214 g/mol. The van der Waals surface area contributed by atoms with E-state index in [1.807, 2.05) is 0 Å². The van der Waals surface area contributed by atoms with E-state index < -0.39 is 0 Å². The fourth-order valence-electron chi connectivity index (χ4n) is 2.46. The van der Waals surface area contributed by atoms with Crippen LogP contribution in [-0.4, -0.2) is 10.7 Å². The zero-order chi connectivity index (χ0) is 11.7. The summed E-state index contributed by atoms with van der Waals surface area (Å²) in [6.07, 6.45) is 9.06.